The van der Waals surface area contributed by atoms with Gasteiger partial charge >= 0.3 is 0 Å². The highest BCUT2D eigenvalue weighted by atomic mass is 16.5. The van der Waals surface area contributed by atoms with E-state index in [1.54, 1.807) is 0 Å². The molecule has 4 nitrogen and oxygen atoms in total. The summed E-state index contributed by atoms with van der Waals surface area (Å²) < 4.78 is 18.2. The molecule has 0 atom stereocenters. The van der Waals surface area contributed by atoms with Crippen LogP contribution in [0.15, 0.2) is 24.3 Å². The SMILES string of the molecule is CC(C)NCCCCCOc1cccc(O[C@H]2CC[C@H](OC(C)(C)C)CC2)c1. The van der Waals surface area contributed by atoms with E-state index in [4.69, 9.17) is 14.2 Å². The zero-order chi connectivity index (χ0) is 20.4. The second-order valence-corrected chi connectivity index (χ2v) is 9.24. The van der Waals surface area contributed by atoms with Gasteiger partial charge in [-0.3, -0.25) is 0 Å². The third-order valence-electron chi connectivity index (χ3n) is 4.89. The summed E-state index contributed by atoms with van der Waals surface area (Å²) in [5, 5.41) is 3.45. The topological polar surface area (TPSA) is 39.7 Å². The lowest BCUT2D eigenvalue weighted by Gasteiger charge is -2.33. The molecule has 0 aromatic heterocycles. The molecule has 1 aromatic carbocycles. The van der Waals surface area contributed by atoms with Gasteiger partial charge in [0.1, 0.15) is 11.5 Å². The smallest absolute Gasteiger partial charge is 0.123 e. The van der Waals surface area contributed by atoms with Crippen molar-refractivity contribution >= 4 is 0 Å². The minimum absolute atomic E-state index is 0.0605. The van der Waals surface area contributed by atoms with E-state index in [1.807, 2.05) is 24.3 Å². The number of hydrogen-bond acceptors (Lipinski definition) is 4. The molecule has 4 heteroatoms. The molecule has 0 aliphatic heterocycles. The van der Waals surface area contributed by atoms with E-state index in [1.165, 1.54) is 12.8 Å². The maximum Gasteiger partial charge on any atom is 0.123 e. The quantitative estimate of drug-likeness (QED) is 0.488. The molecule has 0 spiro atoms. The first-order valence-electron chi connectivity index (χ1n) is 11.1. The fourth-order valence-corrected chi connectivity index (χ4v) is 3.58. The van der Waals surface area contributed by atoms with Gasteiger partial charge in [0.25, 0.3) is 0 Å². The Morgan fingerprint density at radius 1 is 0.964 bits per heavy atom. The van der Waals surface area contributed by atoms with Crippen LogP contribution in [0, 0.1) is 0 Å². The van der Waals surface area contributed by atoms with Gasteiger partial charge in [-0.1, -0.05) is 19.9 Å². The van der Waals surface area contributed by atoms with Crippen LogP contribution in [0.25, 0.3) is 0 Å². The Bertz CT molecular complexity index is 545. The van der Waals surface area contributed by atoms with Crippen molar-refractivity contribution in [3.8, 4) is 11.5 Å². The van der Waals surface area contributed by atoms with Crippen LogP contribution < -0.4 is 14.8 Å². The number of nitrogens with one attached hydrogen (secondary N) is 1. The molecule has 1 aliphatic rings. The van der Waals surface area contributed by atoms with Crippen molar-refractivity contribution in [2.45, 2.75) is 103 Å². The van der Waals surface area contributed by atoms with Crippen molar-refractivity contribution in [1.29, 1.82) is 0 Å². The maximum absolute atomic E-state index is 6.21. The van der Waals surface area contributed by atoms with E-state index >= 15 is 0 Å². The second kappa shape index (κ2) is 11.7. The minimum atomic E-state index is -0.0605. The summed E-state index contributed by atoms with van der Waals surface area (Å²) in [6, 6.07) is 8.66. The molecule has 1 aromatic rings. The average molecular weight is 392 g/mol. The second-order valence-electron chi connectivity index (χ2n) is 9.24. The summed E-state index contributed by atoms with van der Waals surface area (Å²) in [6.07, 6.45) is 8.37. The third-order valence-corrected chi connectivity index (χ3v) is 4.89. The molecular formula is C24H41NO3. The normalized spacial score (nSPS) is 20.4. The molecule has 28 heavy (non-hydrogen) atoms. The van der Waals surface area contributed by atoms with Crippen LogP contribution in [-0.4, -0.2) is 37.0 Å². The van der Waals surface area contributed by atoms with Crippen molar-refractivity contribution < 1.29 is 14.2 Å². The molecule has 0 saturated heterocycles. The molecule has 0 bridgehead atoms. The number of rotatable bonds is 11. The lowest BCUT2D eigenvalue weighted by Crippen LogP contribution is -2.33. The largest absolute Gasteiger partial charge is 0.493 e. The Morgan fingerprint density at radius 2 is 1.64 bits per heavy atom. The summed E-state index contributed by atoms with van der Waals surface area (Å²) in [6.45, 7) is 12.6. The lowest BCUT2D eigenvalue weighted by atomic mass is 9.94. The number of hydrogen-bond donors (Lipinski definition) is 1. The van der Waals surface area contributed by atoms with Gasteiger partial charge in [-0.25, -0.2) is 0 Å². The van der Waals surface area contributed by atoms with Crippen LogP contribution in [0.1, 0.15) is 79.6 Å². The fourth-order valence-electron chi connectivity index (χ4n) is 3.58. The van der Waals surface area contributed by atoms with Gasteiger partial charge in [-0.15, -0.1) is 0 Å². The Balaban J connectivity index is 1.65. The highest BCUT2D eigenvalue weighted by molar-refractivity contribution is 5.33. The average Bonchev–Trinajstić information content (AvgIpc) is 2.61. The van der Waals surface area contributed by atoms with Gasteiger partial charge < -0.3 is 19.5 Å². The van der Waals surface area contributed by atoms with E-state index in [2.05, 4.69) is 39.9 Å². The molecule has 1 aliphatic carbocycles. The third kappa shape index (κ3) is 9.79. The highest BCUT2D eigenvalue weighted by Crippen LogP contribution is 2.29. The molecule has 0 heterocycles. The van der Waals surface area contributed by atoms with Crippen molar-refractivity contribution in [1.82, 2.24) is 5.32 Å². The van der Waals surface area contributed by atoms with Crippen LogP contribution in [0.4, 0.5) is 0 Å². The standard InChI is InChI=1S/C24H41NO3/c1-19(2)25-16-7-6-8-17-26-22-10-9-11-23(18-22)27-20-12-14-21(15-13-20)28-24(3,4)5/h9-11,18-21,25H,6-8,12-17H2,1-5H3/t20-,21-. The Morgan fingerprint density at radius 3 is 2.32 bits per heavy atom. The molecule has 1 fully saturated rings. The molecule has 1 N–H and O–H groups in total. The van der Waals surface area contributed by atoms with Gasteiger partial charge in [0, 0.05) is 12.1 Å². The van der Waals surface area contributed by atoms with Gasteiger partial charge in [0.2, 0.25) is 0 Å². The van der Waals surface area contributed by atoms with Crippen LogP contribution >= 0.6 is 0 Å². The number of benzene rings is 1. The van der Waals surface area contributed by atoms with Gasteiger partial charge in [0.15, 0.2) is 0 Å². The van der Waals surface area contributed by atoms with Crippen LogP contribution in [0.3, 0.4) is 0 Å². The Labute approximate surface area is 172 Å². The summed E-state index contributed by atoms with van der Waals surface area (Å²) in [5.74, 6) is 1.82. The highest BCUT2D eigenvalue weighted by Gasteiger charge is 2.26. The van der Waals surface area contributed by atoms with E-state index < -0.39 is 0 Å². The first-order valence-corrected chi connectivity index (χ1v) is 11.1. The molecular weight excluding hydrogens is 350 g/mol. The molecule has 1 saturated carbocycles. The summed E-state index contributed by atoms with van der Waals surface area (Å²) in [4.78, 5) is 0. The van der Waals surface area contributed by atoms with E-state index in [0.29, 0.717) is 12.1 Å². The van der Waals surface area contributed by atoms with Crippen molar-refractivity contribution in [2.75, 3.05) is 13.2 Å². The Kier molecular flexibility index (Phi) is 9.60. The summed E-state index contributed by atoms with van der Waals surface area (Å²) in [7, 11) is 0. The summed E-state index contributed by atoms with van der Waals surface area (Å²) in [5.41, 5.74) is -0.0605. The molecule has 160 valence electrons. The molecule has 0 radical (unpaired) electrons. The molecule has 2 rings (SSSR count). The van der Waals surface area contributed by atoms with Gasteiger partial charge in [-0.05, 0) is 84.4 Å². The van der Waals surface area contributed by atoms with Gasteiger partial charge in [0.05, 0.1) is 24.4 Å². The van der Waals surface area contributed by atoms with Crippen molar-refractivity contribution in [3.05, 3.63) is 24.3 Å². The van der Waals surface area contributed by atoms with E-state index in [9.17, 15) is 0 Å². The van der Waals surface area contributed by atoms with Gasteiger partial charge in [-0.2, -0.15) is 0 Å². The fraction of sp³-hybridized carbons (Fsp3) is 0.750. The van der Waals surface area contributed by atoms with Crippen molar-refractivity contribution in [2.24, 2.45) is 0 Å². The van der Waals surface area contributed by atoms with Crippen molar-refractivity contribution in [3.63, 3.8) is 0 Å². The lowest BCUT2D eigenvalue weighted by molar-refractivity contribution is -0.0832. The predicted octanol–water partition coefficient (Wildman–Crippen LogP) is 5.74. The minimum Gasteiger partial charge on any atom is -0.493 e. The first-order chi connectivity index (χ1) is 13.3. The van der Waals surface area contributed by atoms with E-state index in [-0.39, 0.29) is 11.7 Å². The first kappa shape index (κ1) is 23.0. The monoisotopic (exact) mass is 391 g/mol. The van der Waals surface area contributed by atoms with Crippen LogP contribution in [-0.2, 0) is 4.74 Å². The Hall–Kier alpha value is -1.26. The van der Waals surface area contributed by atoms with Crippen LogP contribution in [0.2, 0.25) is 0 Å². The number of unbranched alkanes of at least 4 members (excludes halogenated alkanes) is 2. The zero-order valence-corrected chi connectivity index (χ0v) is 18.6. The predicted molar refractivity (Wildman–Crippen MR) is 116 cm³/mol. The number of ether oxygens (including phenoxy) is 3. The van der Waals surface area contributed by atoms with Crippen LogP contribution in [0.5, 0.6) is 11.5 Å². The maximum atomic E-state index is 6.21. The zero-order valence-electron chi connectivity index (χ0n) is 18.6. The molecule has 0 amide bonds. The molecule has 0 unspecified atom stereocenters. The van der Waals surface area contributed by atoms with E-state index in [0.717, 1.165) is 56.8 Å². The summed E-state index contributed by atoms with van der Waals surface area (Å²) >= 11 is 0.